The Morgan fingerprint density at radius 3 is 2.90 bits per heavy atom. The molecule has 0 aliphatic heterocycles. The van der Waals surface area contributed by atoms with Crippen LogP contribution in [0.1, 0.15) is 0 Å². The molecule has 1 aromatic heterocycles. The average molecular weight is 310 g/mol. The van der Waals surface area contributed by atoms with Gasteiger partial charge in [-0.05, 0) is 11.1 Å². The van der Waals surface area contributed by atoms with Crippen molar-refractivity contribution >= 4 is 11.1 Å². The zero-order valence-corrected chi connectivity index (χ0v) is 7.39. The first-order valence-corrected chi connectivity index (χ1v) is 2.68. The third-order valence-electron chi connectivity index (χ3n) is 1.19. The summed E-state index contributed by atoms with van der Waals surface area (Å²) in [6.45, 7) is 0. The van der Waals surface area contributed by atoms with Crippen LogP contribution in [0, 0.1) is 6.39 Å². The number of hydrogen-bond donors (Lipinski definition) is 0. The molecule has 1 heterocycles. The second-order valence-corrected chi connectivity index (χ2v) is 1.77. The molecule has 0 fully saturated rings. The van der Waals surface area contributed by atoms with E-state index in [0.717, 1.165) is 11.1 Å². The van der Waals surface area contributed by atoms with Gasteiger partial charge in [-0.25, -0.2) is 0 Å². The van der Waals surface area contributed by atoms with Crippen LogP contribution in [-0.2, 0) is 20.1 Å². The summed E-state index contributed by atoms with van der Waals surface area (Å²) in [5.41, 5.74) is 1.65. The van der Waals surface area contributed by atoms with Gasteiger partial charge in [0.1, 0.15) is 6.39 Å². The standard InChI is InChI=1S/C7H4NO.Ir/c1-2-4-7-6(3-1)8-5-9-7;/h1-4H;/q-1;. The maximum Gasteiger partial charge on any atom is 0.103 e. The van der Waals surface area contributed by atoms with Gasteiger partial charge >= 0.3 is 0 Å². The monoisotopic (exact) mass is 311 g/mol. The summed E-state index contributed by atoms with van der Waals surface area (Å²) < 4.78 is 4.88. The van der Waals surface area contributed by atoms with E-state index in [4.69, 9.17) is 4.42 Å². The van der Waals surface area contributed by atoms with E-state index in [9.17, 15) is 0 Å². The van der Waals surface area contributed by atoms with Crippen molar-refractivity contribution in [2.24, 2.45) is 0 Å². The molecule has 0 unspecified atom stereocenters. The normalized spacial score (nSPS) is 9.20. The fourth-order valence-electron chi connectivity index (χ4n) is 0.757. The van der Waals surface area contributed by atoms with Gasteiger partial charge in [0, 0.05) is 20.1 Å². The molecule has 53 valence electrons. The molecule has 2 rings (SSSR count). The molecule has 10 heavy (non-hydrogen) atoms. The minimum Gasteiger partial charge on any atom is -0.573 e. The smallest absolute Gasteiger partial charge is 0.103 e. The number of hydrogen-bond acceptors (Lipinski definition) is 2. The van der Waals surface area contributed by atoms with Crippen molar-refractivity contribution in [1.82, 2.24) is 4.98 Å². The van der Waals surface area contributed by atoms with Gasteiger partial charge < -0.3 is 9.40 Å². The van der Waals surface area contributed by atoms with Gasteiger partial charge in [-0.15, -0.1) is 6.07 Å². The van der Waals surface area contributed by atoms with Crippen LogP contribution >= 0.6 is 0 Å². The first kappa shape index (κ1) is 7.45. The van der Waals surface area contributed by atoms with Crippen LogP contribution in [0.2, 0.25) is 0 Å². The molecule has 0 amide bonds. The molecule has 3 heteroatoms. The SMILES string of the molecule is [Ir].[c-]1nc2ccccc2o1. The van der Waals surface area contributed by atoms with Crippen molar-refractivity contribution in [3.8, 4) is 0 Å². The van der Waals surface area contributed by atoms with E-state index in [1.807, 2.05) is 24.3 Å². The fourth-order valence-corrected chi connectivity index (χ4v) is 0.757. The van der Waals surface area contributed by atoms with Crippen LogP contribution in [0.25, 0.3) is 11.1 Å². The Hall–Kier alpha value is -0.661. The maximum absolute atomic E-state index is 4.88. The van der Waals surface area contributed by atoms with Gasteiger partial charge in [0.2, 0.25) is 0 Å². The number of para-hydroxylation sites is 2. The Morgan fingerprint density at radius 1 is 1.30 bits per heavy atom. The fraction of sp³-hybridized carbons (Fsp3) is 0. The van der Waals surface area contributed by atoms with Crippen molar-refractivity contribution in [3.63, 3.8) is 0 Å². The quantitative estimate of drug-likeness (QED) is 0.691. The molecule has 0 saturated heterocycles. The molecule has 0 N–H and O–H groups in total. The van der Waals surface area contributed by atoms with Gasteiger partial charge in [0.15, 0.2) is 0 Å². The van der Waals surface area contributed by atoms with E-state index < -0.39 is 0 Å². The first-order chi connectivity index (χ1) is 4.47. The molecule has 0 aliphatic carbocycles. The van der Waals surface area contributed by atoms with Crippen LogP contribution < -0.4 is 0 Å². The summed E-state index contributed by atoms with van der Waals surface area (Å²) in [6.07, 6.45) is 2.41. The molecule has 0 atom stereocenters. The Balaban J connectivity index is 0.000000500. The molecule has 0 bridgehead atoms. The second-order valence-electron chi connectivity index (χ2n) is 1.77. The van der Waals surface area contributed by atoms with E-state index in [1.54, 1.807) is 0 Å². The van der Waals surface area contributed by atoms with Gasteiger partial charge in [-0.3, -0.25) is 0 Å². The Bertz CT molecular complexity index is 288. The zero-order valence-electron chi connectivity index (χ0n) is 5.00. The molecule has 0 spiro atoms. The van der Waals surface area contributed by atoms with Crippen LogP contribution in [0.5, 0.6) is 0 Å². The third-order valence-corrected chi connectivity index (χ3v) is 1.19. The average Bonchev–Trinajstić information content (AvgIpc) is 2.33. The minimum absolute atomic E-state index is 0. The number of rotatable bonds is 0. The summed E-state index contributed by atoms with van der Waals surface area (Å²) in [5, 5.41) is 0. The van der Waals surface area contributed by atoms with Crippen molar-refractivity contribution in [3.05, 3.63) is 30.7 Å². The minimum atomic E-state index is 0. The van der Waals surface area contributed by atoms with Crippen LogP contribution in [-0.4, -0.2) is 4.98 Å². The Labute approximate surface area is 71.6 Å². The van der Waals surface area contributed by atoms with Gasteiger partial charge in [0.25, 0.3) is 0 Å². The largest absolute Gasteiger partial charge is 0.573 e. The van der Waals surface area contributed by atoms with E-state index >= 15 is 0 Å². The van der Waals surface area contributed by atoms with Gasteiger partial charge in [-0.2, -0.15) is 0 Å². The Kier molecular flexibility index (Phi) is 2.20. The van der Waals surface area contributed by atoms with Crippen molar-refractivity contribution in [2.75, 3.05) is 0 Å². The predicted molar refractivity (Wildman–Crippen MR) is 32.8 cm³/mol. The summed E-state index contributed by atoms with van der Waals surface area (Å²) in [7, 11) is 0. The van der Waals surface area contributed by atoms with Crippen LogP contribution in [0.3, 0.4) is 0 Å². The molecular formula is C7H4IrNO-. The summed E-state index contributed by atoms with van der Waals surface area (Å²) in [4.78, 5) is 3.83. The van der Waals surface area contributed by atoms with E-state index in [2.05, 4.69) is 11.4 Å². The third kappa shape index (κ3) is 1.10. The Morgan fingerprint density at radius 2 is 2.10 bits per heavy atom. The van der Waals surface area contributed by atoms with Crippen molar-refractivity contribution in [1.29, 1.82) is 0 Å². The predicted octanol–water partition coefficient (Wildman–Crippen LogP) is 1.63. The molecule has 2 aromatic rings. The second kappa shape index (κ2) is 2.95. The molecular weight excluding hydrogens is 306 g/mol. The molecule has 2 nitrogen and oxygen atoms in total. The van der Waals surface area contributed by atoms with Gasteiger partial charge in [0.05, 0.1) is 0 Å². The van der Waals surface area contributed by atoms with Crippen LogP contribution in [0.15, 0.2) is 28.7 Å². The number of fused-ring (bicyclic) bond motifs is 1. The van der Waals surface area contributed by atoms with Crippen molar-refractivity contribution < 1.29 is 24.5 Å². The van der Waals surface area contributed by atoms with Crippen molar-refractivity contribution in [2.45, 2.75) is 0 Å². The summed E-state index contributed by atoms with van der Waals surface area (Å²) >= 11 is 0. The van der Waals surface area contributed by atoms with Gasteiger partial charge in [-0.1, -0.05) is 18.2 Å². The number of oxazole rings is 1. The molecule has 1 aromatic carbocycles. The van der Waals surface area contributed by atoms with E-state index in [0.29, 0.717) is 0 Å². The first-order valence-electron chi connectivity index (χ1n) is 2.68. The zero-order chi connectivity index (χ0) is 6.10. The molecule has 1 radical (unpaired) electrons. The molecule has 0 aliphatic rings. The van der Waals surface area contributed by atoms with E-state index in [-0.39, 0.29) is 20.1 Å². The number of aromatic nitrogens is 1. The maximum atomic E-state index is 4.88. The van der Waals surface area contributed by atoms with E-state index in [1.165, 1.54) is 0 Å². The number of benzene rings is 1. The summed E-state index contributed by atoms with van der Waals surface area (Å²) in [5.74, 6) is 0. The summed E-state index contributed by atoms with van der Waals surface area (Å²) in [6, 6.07) is 7.56. The topological polar surface area (TPSA) is 26.0 Å². The van der Waals surface area contributed by atoms with Crippen LogP contribution in [0.4, 0.5) is 0 Å². The number of nitrogens with zero attached hydrogens (tertiary/aromatic N) is 1. The molecule has 0 saturated carbocycles.